The van der Waals surface area contributed by atoms with Gasteiger partial charge in [0.2, 0.25) is 0 Å². The van der Waals surface area contributed by atoms with Crippen molar-refractivity contribution >= 4 is 11.7 Å². The SMILES string of the molecule is CCCNC(=O)c1c(C)[nH]c(C(C)=O)c1C. The highest BCUT2D eigenvalue weighted by molar-refractivity contribution is 6.02. The minimum Gasteiger partial charge on any atom is -0.355 e. The van der Waals surface area contributed by atoms with E-state index < -0.39 is 0 Å². The molecule has 1 aromatic rings. The number of carbonyl (C=O) groups is 2. The summed E-state index contributed by atoms with van der Waals surface area (Å²) in [5, 5.41) is 2.81. The van der Waals surface area contributed by atoms with Crippen LogP contribution in [-0.4, -0.2) is 23.2 Å². The first-order valence-electron chi connectivity index (χ1n) is 5.47. The number of hydrogen-bond acceptors (Lipinski definition) is 2. The average molecular weight is 222 g/mol. The van der Waals surface area contributed by atoms with Gasteiger partial charge in [-0.25, -0.2) is 0 Å². The Kier molecular flexibility index (Phi) is 3.88. The number of Topliss-reactive ketones (excluding diaryl/α,β-unsaturated/α-hetero) is 1. The summed E-state index contributed by atoms with van der Waals surface area (Å²) in [6.45, 7) is 7.74. The summed E-state index contributed by atoms with van der Waals surface area (Å²) in [6.07, 6.45) is 0.897. The zero-order valence-corrected chi connectivity index (χ0v) is 10.2. The van der Waals surface area contributed by atoms with Gasteiger partial charge in [0.25, 0.3) is 5.91 Å². The van der Waals surface area contributed by atoms with Gasteiger partial charge in [-0.3, -0.25) is 9.59 Å². The number of hydrogen-bond donors (Lipinski definition) is 2. The van der Waals surface area contributed by atoms with Crippen molar-refractivity contribution in [2.24, 2.45) is 0 Å². The molecule has 4 heteroatoms. The lowest BCUT2D eigenvalue weighted by atomic mass is 10.1. The minimum absolute atomic E-state index is 0.0462. The minimum atomic E-state index is -0.111. The summed E-state index contributed by atoms with van der Waals surface area (Å²) in [4.78, 5) is 26.1. The summed E-state index contributed by atoms with van der Waals surface area (Å²) in [6, 6.07) is 0. The van der Waals surface area contributed by atoms with Crippen LogP contribution in [0, 0.1) is 13.8 Å². The molecule has 0 spiro atoms. The molecule has 0 aliphatic rings. The maximum atomic E-state index is 11.8. The van der Waals surface area contributed by atoms with Gasteiger partial charge in [0.15, 0.2) is 5.78 Å². The van der Waals surface area contributed by atoms with Crippen LogP contribution in [0.25, 0.3) is 0 Å². The van der Waals surface area contributed by atoms with Gasteiger partial charge in [-0.15, -0.1) is 0 Å². The Hall–Kier alpha value is -1.58. The fourth-order valence-corrected chi connectivity index (χ4v) is 1.77. The molecular formula is C12H18N2O2. The summed E-state index contributed by atoms with van der Waals surface area (Å²) >= 11 is 0. The van der Waals surface area contributed by atoms with Crippen molar-refractivity contribution in [2.75, 3.05) is 6.54 Å². The molecule has 0 unspecified atom stereocenters. The molecule has 88 valence electrons. The zero-order chi connectivity index (χ0) is 12.3. The van der Waals surface area contributed by atoms with Crippen molar-refractivity contribution < 1.29 is 9.59 Å². The number of aryl methyl sites for hydroxylation is 1. The highest BCUT2D eigenvalue weighted by atomic mass is 16.1. The predicted molar refractivity (Wildman–Crippen MR) is 62.9 cm³/mol. The fraction of sp³-hybridized carbons (Fsp3) is 0.500. The smallest absolute Gasteiger partial charge is 0.253 e. The van der Waals surface area contributed by atoms with Gasteiger partial charge >= 0.3 is 0 Å². The van der Waals surface area contributed by atoms with Crippen LogP contribution in [0.5, 0.6) is 0 Å². The van der Waals surface area contributed by atoms with Crippen molar-refractivity contribution in [3.8, 4) is 0 Å². The Balaban J connectivity index is 3.04. The topological polar surface area (TPSA) is 62.0 Å². The van der Waals surface area contributed by atoms with E-state index in [1.165, 1.54) is 6.92 Å². The highest BCUT2D eigenvalue weighted by Gasteiger charge is 2.19. The lowest BCUT2D eigenvalue weighted by molar-refractivity contribution is 0.0952. The first-order valence-corrected chi connectivity index (χ1v) is 5.47. The summed E-state index contributed by atoms with van der Waals surface area (Å²) in [5.41, 5.74) is 2.60. The van der Waals surface area contributed by atoms with Gasteiger partial charge < -0.3 is 10.3 Å². The van der Waals surface area contributed by atoms with E-state index in [2.05, 4.69) is 10.3 Å². The normalized spacial score (nSPS) is 10.2. The van der Waals surface area contributed by atoms with E-state index in [1.54, 1.807) is 13.8 Å². The Labute approximate surface area is 95.4 Å². The first-order chi connectivity index (χ1) is 7.49. The van der Waals surface area contributed by atoms with Crippen LogP contribution in [0.4, 0.5) is 0 Å². The van der Waals surface area contributed by atoms with E-state index in [9.17, 15) is 9.59 Å². The van der Waals surface area contributed by atoms with E-state index in [0.717, 1.165) is 17.7 Å². The number of H-pyrrole nitrogens is 1. The third-order valence-electron chi connectivity index (χ3n) is 2.55. The third-order valence-corrected chi connectivity index (χ3v) is 2.55. The molecule has 0 aromatic carbocycles. The van der Waals surface area contributed by atoms with Gasteiger partial charge in [-0.2, -0.15) is 0 Å². The predicted octanol–water partition coefficient (Wildman–Crippen LogP) is 1.97. The van der Waals surface area contributed by atoms with E-state index in [4.69, 9.17) is 0 Å². The number of aromatic amines is 1. The summed E-state index contributed by atoms with van der Waals surface area (Å²) < 4.78 is 0. The average Bonchev–Trinajstić information content (AvgIpc) is 2.51. The molecule has 0 radical (unpaired) electrons. The largest absolute Gasteiger partial charge is 0.355 e. The van der Waals surface area contributed by atoms with Crippen molar-refractivity contribution in [3.63, 3.8) is 0 Å². The van der Waals surface area contributed by atoms with Crippen LogP contribution in [0.15, 0.2) is 0 Å². The molecule has 0 aliphatic carbocycles. The first kappa shape index (κ1) is 12.5. The Bertz CT molecular complexity index is 419. The second-order valence-corrected chi connectivity index (χ2v) is 3.94. The van der Waals surface area contributed by atoms with E-state index in [1.807, 2.05) is 6.92 Å². The van der Waals surface area contributed by atoms with Gasteiger partial charge in [-0.05, 0) is 25.8 Å². The fourth-order valence-electron chi connectivity index (χ4n) is 1.77. The molecular weight excluding hydrogens is 204 g/mol. The lowest BCUT2D eigenvalue weighted by Crippen LogP contribution is -2.25. The zero-order valence-electron chi connectivity index (χ0n) is 10.2. The molecule has 0 fully saturated rings. The van der Waals surface area contributed by atoms with Crippen LogP contribution in [0.2, 0.25) is 0 Å². The molecule has 1 aromatic heterocycles. The van der Waals surface area contributed by atoms with E-state index in [-0.39, 0.29) is 11.7 Å². The highest BCUT2D eigenvalue weighted by Crippen LogP contribution is 2.18. The maximum Gasteiger partial charge on any atom is 0.253 e. The Morgan fingerprint density at radius 2 is 1.94 bits per heavy atom. The Morgan fingerprint density at radius 3 is 2.38 bits per heavy atom. The molecule has 0 aliphatic heterocycles. The second-order valence-electron chi connectivity index (χ2n) is 3.94. The molecule has 1 rings (SSSR count). The van der Waals surface area contributed by atoms with Gasteiger partial charge in [0.05, 0.1) is 11.3 Å². The molecule has 1 amide bonds. The lowest BCUT2D eigenvalue weighted by Gasteiger charge is -2.03. The molecule has 2 N–H and O–H groups in total. The van der Waals surface area contributed by atoms with Gasteiger partial charge in [-0.1, -0.05) is 6.92 Å². The standard InChI is InChI=1S/C12H18N2O2/c1-5-6-13-12(16)10-7(2)11(9(4)15)14-8(10)3/h14H,5-6H2,1-4H3,(H,13,16). The number of amides is 1. The quantitative estimate of drug-likeness (QED) is 0.765. The summed E-state index contributed by atoms with van der Waals surface area (Å²) in [5.74, 6) is -0.157. The number of aromatic nitrogens is 1. The van der Waals surface area contributed by atoms with Crippen LogP contribution in [-0.2, 0) is 0 Å². The van der Waals surface area contributed by atoms with Crippen LogP contribution in [0.3, 0.4) is 0 Å². The molecule has 16 heavy (non-hydrogen) atoms. The van der Waals surface area contributed by atoms with Crippen molar-refractivity contribution in [2.45, 2.75) is 34.1 Å². The Morgan fingerprint density at radius 1 is 1.31 bits per heavy atom. The number of ketones is 1. The molecule has 0 saturated heterocycles. The molecule has 0 bridgehead atoms. The van der Waals surface area contributed by atoms with Crippen LogP contribution >= 0.6 is 0 Å². The number of carbonyl (C=O) groups excluding carboxylic acids is 2. The molecule has 0 saturated carbocycles. The molecule has 1 heterocycles. The van der Waals surface area contributed by atoms with Crippen LogP contribution < -0.4 is 5.32 Å². The molecule has 4 nitrogen and oxygen atoms in total. The van der Waals surface area contributed by atoms with E-state index >= 15 is 0 Å². The van der Waals surface area contributed by atoms with Gasteiger partial charge in [0, 0.05) is 19.2 Å². The van der Waals surface area contributed by atoms with E-state index in [0.29, 0.717) is 17.8 Å². The van der Waals surface area contributed by atoms with Crippen molar-refractivity contribution in [3.05, 3.63) is 22.5 Å². The monoisotopic (exact) mass is 222 g/mol. The number of nitrogens with one attached hydrogen (secondary N) is 2. The maximum absolute atomic E-state index is 11.8. The van der Waals surface area contributed by atoms with Gasteiger partial charge in [0.1, 0.15) is 0 Å². The molecule has 0 atom stereocenters. The summed E-state index contributed by atoms with van der Waals surface area (Å²) in [7, 11) is 0. The third kappa shape index (κ3) is 2.32. The second kappa shape index (κ2) is 4.96. The van der Waals surface area contributed by atoms with Crippen LogP contribution in [0.1, 0.15) is 52.4 Å². The van der Waals surface area contributed by atoms with Crippen molar-refractivity contribution in [1.29, 1.82) is 0 Å². The number of rotatable bonds is 4. The van der Waals surface area contributed by atoms with Crippen molar-refractivity contribution in [1.82, 2.24) is 10.3 Å².